The maximum absolute atomic E-state index is 12.1. The Kier molecular flexibility index (Phi) is 3.88. The van der Waals surface area contributed by atoms with E-state index in [9.17, 15) is 8.42 Å². The molecule has 2 aromatic heterocycles. The molecule has 0 aliphatic rings. The molecule has 0 amide bonds. The molecule has 2 rings (SSSR count). The number of anilines is 1. The van der Waals surface area contributed by atoms with Crippen molar-refractivity contribution in [2.75, 3.05) is 12.4 Å². The van der Waals surface area contributed by atoms with Gasteiger partial charge < -0.3 is 9.84 Å². The molecule has 7 nitrogen and oxygen atoms in total. The van der Waals surface area contributed by atoms with Crippen LogP contribution < -0.4 is 10.0 Å². The summed E-state index contributed by atoms with van der Waals surface area (Å²) < 4.78 is 31.6. The average Bonchev–Trinajstić information content (AvgIpc) is 2.94. The van der Waals surface area contributed by atoms with E-state index in [1.54, 1.807) is 26.3 Å². The molecule has 0 spiro atoms. The van der Waals surface area contributed by atoms with Gasteiger partial charge in [-0.25, -0.2) is 18.1 Å². The van der Waals surface area contributed by atoms with Crippen molar-refractivity contribution in [2.24, 2.45) is 0 Å². The summed E-state index contributed by atoms with van der Waals surface area (Å²) in [6, 6.07) is 0. The fourth-order valence-electron chi connectivity index (χ4n) is 1.60. The van der Waals surface area contributed by atoms with Crippen LogP contribution in [0, 0.1) is 13.8 Å². The number of thiazole rings is 1. The lowest BCUT2D eigenvalue weighted by atomic mass is 10.4. The number of sulfonamides is 1. The molecular formula is C10H14N4O3S2. The molecule has 2 heterocycles. The molecule has 0 saturated heterocycles. The first-order valence-corrected chi connectivity index (χ1v) is 7.85. The highest BCUT2D eigenvalue weighted by atomic mass is 32.2. The molecule has 104 valence electrons. The van der Waals surface area contributed by atoms with Crippen LogP contribution in [0.1, 0.15) is 17.1 Å². The summed E-state index contributed by atoms with van der Waals surface area (Å²) in [5.74, 6) is 0.277. The van der Waals surface area contributed by atoms with Crippen molar-refractivity contribution in [1.82, 2.24) is 14.9 Å². The molecule has 0 aromatic carbocycles. The highest BCUT2D eigenvalue weighted by Crippen LogP contribution is 2.19. The summed E-state index contributed by atoms with van der Waals surface area (Å²) in [6.07, 6.45) is 0. The second-order valence-electron chi connectivity index (χ2n) is 3.87. The first-order valence-electron chi connectivity index (χ1n) is 5.48. The van der Waals surface area contributed by atoms with Gasteiger partial charge in [0, 0.05) is 12.4 Å². The topological polar surface area (TPSA) is 97.1 Å². The van der Waals surface area contributed by atoms with Crippen LogP contribution in [0.25, 0.3) is 0 Å². The number of nitrogens with one attached hydrogen (secondary N) is 2. The monoisotopic (exact) mass is 302 g/mol. The van der Waals surface area contributed by atoms with Gasteiger partial charge in [0.15, 0.2) is 10.9 Å². The molecule has 2 N–H and O–H groups in total. The van der Waals surface area contributed by atoms with Crippen molar-refractivity contribution in [3.8, 4) is 0 Å². The molecule has 0 bridgehead atoms. The second kappa shape index (κ2) is 5.27. The number of hydrogen-bond donors (Lipinski definition) is 2. The van der Waals surface area contributed by atoms with Crippen molar-refractivity contribution in [1.29, 1.82) is 0 Å². The molecule has 0 aliphatic carbocycles. The number of rotatable bonds is 5. The van der Waals surface area contributed by atoms with E-state index >= 15 is 0 Å². The maximum atomic E-state index is 12.1. The van der Waals surface area contributed by atoms with Crippen molar-refractivity contribution in [3.63, 3.8) is 0 Å². The van der Waals surface area contributed by atoms with Gasteiger partial charge in [-0.2, -0.15) is 0 Å². The van der Waals surface area contributed by atoms with Gasteiger partial charge in [0.1, 0.15) is 10.6 Å². The summed E-state index contributed by atoms with van der Waals surface area (Å²) in [5, 5.41) is 9.07. The van der Waals surface area contributed by atoms with E-state index in [1.165, 1.54) is 11.3 Å². The number of hydrogen-bond acceptors (Lipinski definition) is 7. The Morgan fingerprint density at radius 3 is 2.68 bits per heavy atom. The SMILES string of the molecule is CNc1nc(CNS(=O)(=O)c2c(C)noc2C)cs1. The third-order valence-corrected chi connectivity index (χ3v) is 5.00. The van der Waals surface area contributed by atoms with E-state index in [0.717, 1.165) is 5.13 Å². The summed E-state index contributed by atoms with van der Waals surface area (Å²) in [6.45, 7) is 3.29. The molecule has 0 unspecified atom stereocenters. The van der Waals surface area contributed by atoms with Gasteiger partial charge in [-0.1, -0.05) is 5.16 Å². The van der Waals surface area contributed by atoms with E-state index in [-0.39, 0.29) is 17.2 Å². The quantitative estimate of drug-likeness (QED) is 0.863. The molecule has 19 heavy (non-hydrogen) atoms. The van der Waals surface area contributed by atoms with Crippen molar-refractivity contribution < 1.29 is 12.9 Å². The minimum absolute atomic E-state index is 0.0940. The van der Waals surface area contributed by atoms with E-state index in [0.29, 0.717) is 11.4 Å². The van der Waals surface area contributed by atoms with Gasteiger partial charge in [-0.05, 0) is 13.8 Å². The summed E-state index contributed by atoms with van der Waals surface area (Å²) in [5.41, 5.74) is 1.00. The van der Waals surface area contributed by atoms with Crippen LogP contribution in [0.3, 0.4) is 0 Å². The Balaban J connectivity index is 2.14. The lowest BCUT2D eigenvalue weighted by molar-refractivity contribution is 0.390. The first kappa shape index (κ1) is 14.0. The molecule has 0 fully saturated rings. The van der Waals surface area contributed by atoms with Crippen molar-refractivity contribution in [2.45, 2.75) is 25.3 Å². The first-order chi connectivity index (χ1) is 8.94. The highest BCUT2D eigenvalue weighted by molar-refractivity contribution is 7.89. The minimum Gasteiger partial charge on any atom is -0.365 e. The Labute approximate surface area is 115 Å². The molecule has 0 aliphatic heterocycles. The van der Waals surface area contributed by atoms with Crippen LogP contribution >= 0.6 is 11.3 Å². The van der Waals surface area contributed by atoms with Crippen LogP contribution in [0.4, 0.5) is 5.13 Å². The van der Waals surface area contributed by atoms with Gasteiger partial charge in [-0.15, -0.1) is 11.3 Å². The van der Waals surface area contributed by atoms with Gasteiger partial charge in [-0.3, -0.25) is 0 Å². The summed E-state index contributed by atoms with van der Waals surface area (Å²) in [4.78, 5) is 4.29. The van der Waals surface area contributed by atoms with Gasteiger partial charge in [0.25, 0.3) is 0 Å². The average molecular weight is 302 g/mol. The normalized spacial score (nSPS) is 11.7. The van der Waals surface area contributed by atoms with E-state index < -0.39 is 10.0 Å². The fourth-order valence-corrected chi connectivity index (χ4v) is 3.60. The smallest absolute Gasteiger partial charge is 0.246 e. The molecule has 0 radical (unpaired) electrons. The van der Waals surface area contributed by atoms with E-state index in [1.807, 2.05) is 0 Å². The van der Waals surface area contributed by atoms with Crippen LogP contribution in [-0.4, -0.2) is 25.6 Å². The molecule has 0 saturated carbocycles. The number of aromatic nitrogens is 2. The standard InChI is InChI=1S/C10H14N4O3S2/c1-6-9(7(2)17-14-6)19(15,16)12-4-8-5-18-10(11-3)13-8/h5,12H,4H2,1-3H3,(H,11,13). The summed E-state index contributed by atoms with van der Waals surface area (Å²) in [7, 11) is -1.88. The van der Waals surface area contributed by atoms with Gasteiger partial charge >= 0.3 is 0 Å². The second-order valence-corrected chi connectivity index (χ2v) is 6.43. The van der Waals surface area contributed by atoms with E-state index in [2.05, 4.69) is 20.2 Å². The number of nitrogens with zero attached hydrogens (tertiary/aromatic N) is 2. The largest absolute Gasteiger partial charge is 0.365 e. The Morgan fingerprint density at radius 1 is 1.42 bits per heavy atom. The molecule has 0 atom stereocenters. The Morgan fingerprint density at radius 2 is 2.16 bits per heavy atom. The van der Waals surface area contributed by atoms with Crippen molar-refractivity contribution in [3.05, 3.63) is 22.5 Å². The molecule has 2 aromatic rings. The van der Waals surface area contributed by atoms with Crippen LogP contribution in [0.5, 0.6) is 0 Å². The zero-order chi connectivity index (χ0) is 14.0. The van der Waals surface area contributed by atoms with Gasteiger partial charge in [0.2, 0.25) is 10.0 Å². The zero-order valence-corrected chi connectivity index (χ0v) is 12.4. The van der Waals surface area contributed by atoms with Crippen LogP contribution in [-0.2, 0) is 16.6 Å². The minimum atomic E-state index is -3.64. The Bertz CT molecular complexity index is 655. The zero-order valence-electron chi connectivity index (χ0n) is 10.7. The highest BCUT2D eigenvalue weighted by Gasteiger charge is 2.23. The lowest BCUT2D eigenvalue weighted by Gasteiger charge is -2.04. The van der Waals surface area contributed by atoms with E-state index in [4.69, 9.17) is 4.52 Å². The predicted octanol–water partition coefficient (Wildman–Crippen LogP) is 1.27. The van der Waals surface area contributed by atoms with Crippen LogP contribution in [0.2, 0.25) is 0 Å². The predicted molar refractivity (Wildman–Crippen MR) is 71.7 cm³/mol. The lowest BCUT2D eigenvalue weighted by Crippen LogP contribution is -2.24. The fraction of sp³-hybridized carbons (Fsp3) is 0.400. The van der Waals surface area contributed by atoms with Gasteiger partial charge in [0.05, 0.1) is 12.2 Å². The molecule has 9 heteroatoms. The summed E-state index contributed by atoms with van der Waals surface area (Å²) >= 11 is 1.42. The number of aryl methyl sites for hydroxylation is 2. The Hall–Kier alpha value is -1.45. The third kappa shape index (κ3) is 2.94. The third-order valence-electron chi connectivity index (χ3n) is 2.45. The maximum Gasteiger partial charge on any atom is 0.246 e. The van der Waals surface area contributed by atoms with Crippen molar-refractivity contribution >= 4 is 26.5 Å². The van der Waals surface area contributed by atoms with Crippen LogP contribution in [0.15, 0.2) is 14.8 Å². The molecular weight excluding hydrogens is 288 g/mol.